The summed E-state index contributed by atoms with van der Waals surface area (Å²) in [5.74, 6) is 0. The molecule has 0 unspecified atom stereocenters. The van der Waals surface area contributed by atoms with Gasteiger partial charge < -0.3 is 4.40 Å². The smallest absolute Gasteiger partial charge is 0.152 e. The minimum Gasteiger partial charge on any atom is -0.301 e. The van der Waals surface area contributed by atoms with Gasteiger partial charge in [-0.1, -0.05) is 0 Å². The number of aromatic nitrogens is 1. The molecule has 2 nitrogen and oxygen atoms in total. The van der Waals surface area contributed by atoms with E-state index in [-0.39, 0.29) is 0 Å². The molecule has 0 aromatic carbocycles. The van der Waals surface area contributed by atoms with Gasteiger partial charge in [0, 0.05) is 16.6 Å². The van der Waals surface area contributed by atoms with Gasteiger partial charge in [-0.15, -0.1) is 11.3 Å². The van der Waals surface area contributed by atoms with E-state index in [0.717, 1.165) is 15.7 Å². The van der Waals surface area contributed by atoms with Gasteiger partial charge in [-0.2, -0.15) is 0 Å². The highest BCUT2D eigenvalue weighted by Crippen LogP contribution is 2.26. The molecule has 0 saturated heterocycles. The second-order valence-corrected chi connectivity index (χ2v) is 4.58. The van der Waals surface area contributed by atoms with Crippen LogP contribution in [0.4, 0.5) is 0 Å². The fourth-order valence-electron chi connectivity index (χ4n) is 1.15. The SMILES string of the molecule is Cc1cn2c(Br)c(C=O)cc2s1. The molecule has 0 spiro atoms. The number of hydrogen-bond donors (Lipinski definition) is 0. The zero-order chi connectivity index (χ0) is 8.72. The highest BCUT2D eigenvalue weighted by atomic mass is 79.9. The summed E-state index contributed by atoms with van der Waals surface area (Å²) >= 11 is 5.04. The van der Waals surface area contributed by atoms with E-state index in [4.69, 9.17) is 0 Å². The predicted molar refractivity (Wildman–Crippen MR) is 53.1 cm³/mol. The summed E-state index contributed by atoms with van der Waals surface area (Å²) < 4.78 is 2.82. The Balaban J connectivity index is 2.82. The summed E-state index contributed by atoms with van der Waals surface area (Å²) in [6.07, 6.45) is 2.87. The van der Waals surface area contributed by atoms with Gasteiger partial charge in [0.1, 0.15) is 9.43 Å². The van der Waals surface area contributed by atoms with Crippen LogP contribution in [0.3, 0.4) is 0 Å². The van der Waals surface area contributed by atoms with Crippen LogP contribution < -0.4 is 0 Å². The topological polar surface area (TPSA) is 21.5 Å². The van der Waals surface area contributed by atoms with Gasteiger partial charge in [-0.05, 0) is 28.9 Å². The summed E-state index contributed by atoms with van der Waals surface area (Å²) in [5.41, 5.74) is 0.709. The van der Waals surface area contributed by atoms with Gasteiger partial charge in [-0.3, -0.25) is 4.79 Å². The average molecular weight is 244 g/mol. The number of halogens is 1. The van der Waals surface area contributed by atoms with Crippen LogP contribution in [0.5, 0.6) is 0 Å². The molecule has 0 aliphatic heterocycles. The van der Waals surface area contributed by atoms with E-state index < -0.39 is 0 Å². The van der Waals surface area contributed by atoms with Gasteiger partial charge in [0.05, 0.1) is 0 Å². The quantitative estimate of drug-likeness (QED) is 0.707. The Kier molecular flexibility index (Phi) is 1.81. The summed E-state index contributed by atoms with van der Waals surface area (Å²) in [6.45, 7) is 2.05. The molecule has 2 rings (SSSR count). The van der Waals surface area contributed by atoms with Crippen LogP contribution in [0.2, 0.25) is 0 Å². The maximum absolute atomic E-state index is 10.5. The molecule has 2 aromatic rings. The van der Waals surface area contributed by atoms with Crippen LogP contribution in [0, 0.1) is 6.92 Å². The molecule has 0 aliphatic rings. The third kappa shape index (κ3) is 1.03. The van der Waals surface area contributed by atoms with Crippen LogP contribution in [-0.4, -0.2) is 10.7 Å². The van der Waals surface area contributed by atoms with Gasteiger partial charge >= 0.3 is 0 Å². The zero-order valence-corrected chi connectivity index (χ0v) is 8.78. The van der Waals surface area contributed by atoms with Crippen molar-refractivity contribution in [1.29, 1.82) is 0 Å². The van der Waals surface area contributed by atoms with E-state index in [1.165, 1.54) is 4.88 Å². The number of rotatable bonds is 1. The minimum absolute atomic E-state index is 0.709. The maximum atomic E-state index is 10.5. The predicted octanol–water partition coefficient (Wildman–Crippen LogP) is 2.88. The fourth-order valence-corrected chi connectivity index (χ4v) is 2.69. The van der Waals surface area contributed by atoms with Crippen LogP contribution in [0.1, 0.15) is 15.2 Å². The largest absolute Gasteiger partial charge is 0.301 e. The lowest BCUT2D eigenvalue weighted by molar-refractivity contribution is 0.112. The molecule has 0 bridgehead atoms. The molecular weight excluding hydrogens is 238 g/mol. The molecular formula is C8H6BrNOS. The highest BCUT2D eigenvalue weighted by molar-refractivity contribution is 9.10. The molecule has 62 valence electrons. The van der Waals surface area contributed by atoms with Crippen LogP contribution in [0.15, 0.2) is 16.9 Å². The Morgan fingerprint density at radius 3 is 3.00 bits per heavy atom. The lowest BCUT2D eigenvalue weighted by Gasteiger charge is -1.86. The second kappa shape index (κ2) is 2.71. The summed E-state index contributed by atoms with van der Waals surface area (Å²) in [5, 5.41) is 0. The minimum atomic E-state index is 0.709. The maximum Gasteiger partial charge on any atom is 0.152 e. The molecule has 0 amide bonds. The number of hydrogen-bond acceptors (Lipinski definition) is 2. The van der Waals surface area contributed by atoms with Crippen LogP contribution >= 0.6 is 27.3 Å². The van der Waals surface area contributed by atoms with Crippen molar-refractivity contribution in [2.75, 3.05) is 0 Å². The normalized spacial score (nSPS) is 10.8. The van der Waals surface area contributed by atoms with Gasteiger partial charge in [0.25, 0.3) is 0 Å². The molecule has 0 saturated carbocycles. The molecule has 0 aliphatic carbocycles. The standard InChI is InChI=1S/C8H6BrNOS/c1-5-3-10-7(12-5)2-6(4-11)8(10)9/h2-4H,1H3. The fraction of sp³-hybridized carbons (Fsp3) is 0.125. The van der Waals surface area contributed by atoms with Crippen LogP contribution in [0.25, 0.3) is 4.83 Å². The number of thiazole rings is 1. The molecule has 12 heavy (non-hydrogen) atoms. The van der Waals surface area contributed by atoms with Crippen molar-refractivity contribution < 1.29 is 4.79 Å². The molecule has 4 heteroatoms. The van der Waals surface area contributed by atoms with E-state index in [0.29, 0.717) is 5.56 Å². The lowest BCUT2D eigenvalue weighted by Crippen LogP contribution is -1.79. The third-order valence-corrected chi connectivity index (χ3v) is 3.46. The summed E-state index contributed by atoms with van der Waals surface area (Å²) in [7, 11) is 0. The van der Waals surface area contributed by atoms with E-state index in [2.05, 4.69) is 15.9 Å². The first-order valence-corrected chi connectivity index (χ1v) is 5.05. The van der Waals surface area contributed by atoms with Crippen molar-refractivity contribution in [1.82, 2.24) is 4.40 Å². The molecule has 2 heterocycles. The Bertz CT molecular complexity index is 443. The molecule has 0 radical (unpaired) electrons. The number of nitrogens with zero attached hydrogens (tertiary/aromatic N) is 1. The van der Waals surface area contributed by atoms with E-state index >= 15 is 0 Å². The molecule has 0 atom stereocenters. The lowest BCUT2D eigenvalue weighted by atomic mass is 10.4. The van der Waals surface area contributed by atoms with E-state index in [1.54, 1.807) is 11.3 Å². The van der Waals surface area contributed by atoms with Crippen molar-refractivity contribution in [3.05, 3.63) is 27.3 Å². The first-order chi connectivity index (χ1) is 5.72. The molecule has 0 N–H and O–H groups in total. The van der Waals surface area contributed by atoms with E-state index in [1.807, 2.05) is 23.6 Å². The second-order valence-electron chi connectivity index (χ2n) is 2.56. The van der Waals surface area contributed by atoms with Gasteiger partial charge in [0.15, 0.2) is 6.29 Å². The van der Waals surface area contributed by atoms with Crippen LogP contribution in [-0.2, 0) is 0 Å². The summed E-state index contributed by atoms with van der Waals surface area (Å²) in [4.78, 5) is 12.9. The third-order valence-electron chi connectivity index (χ3n) is 1.67. The number of carbonyl (C=O) groups is 1. The monoisotopic (exact) mass is 243 g/mol. The van der Waals surface area contributed by atoms with E-state index in [9.17, 15) is 4.79 Å². The van der Waals surface area contributed by atoms with Crippen molar-refractivity contribution in [2.24, 2.45) is 0 Å². The van der Waals surface area contributed by atoms with Gasteiger partial charge in [0.2, 0.25) is 0 Å². The van der Waals surface area contributed by atoms with Crippen molar-refractivity contribution >= 4 is 38.4 Å². The molecule has 0 fully saturated rings. The number of fused-ring (bicyclic) bond motifs is 1. The Labute approximate surface area is 81.9 Å². The Hall–Kier alpha value is -0.610. The average Bonchev–Trinajstić information content (AvgIpc) is 2.51. The highest BCUT2D eigenvalue weighted by Gasteiger charge is 2.08. The first-order valence-electron chi connectivity index (χ1n) is 3.44. The number of aryl methyl sites for hydroxylation is 1. The van der Waals surface area contributed by atoms with Gasteiger partial charge in [-0.25, -0.2) is 0 Å². The first kappa shape index (κ1) is 8.01. The Morgan fingerprint density at radius 1 is 1.67 bits per heavy atom. The Morgan fingerprint density at radius 2 is 2.42 bits per heavy atom. The van der Waals surface area contributed by atoms with Crippen molar-refractivity contribution in [3.8, 4) is 0 Å². The zero-order valence-electron chi connectivity index (χ0n) is 6.37. The van der Waals surface area contributed by atoms with Crippen molar-refractivity contribution in [2.45, 2.75) is 6.92 Å². The summed E-state index contributed by atoms with van der Waals surface area (Å²) in [6, 6.07) is 1.88. The number of aldehydes is 1. The molecule has 2 aromatic heterocycles. The van der Waals surface area contributed by atoms with Crippen molar-refractivity contribution in [3.63, 3.8) is 0 Å². The number of carbonyl (C=O) groups excluding carboxylic acids is 1.